The van der Waals surface area contributed by atoms with Gasteiger partial charge in [-0.1, -0.05) is 54.6 Å². The van der Waals surface area contributed by atoms with Crippen molar-refractivity contribution < 1.29 is 19.1 Å². The average molecular weight is 377 g/mol. The molecule has 0 heterocycles. The minimum absolute atomic E-state index is 0.206. The number of hydrogen-bond acceptors (Lipinski definition) is 4. The van der Waals surface area contributed by atoms with Crippen LogP contribution < -0.4 is 5.32 Å². The van der Waals surface area contributed by atoms with E-state index >= 15 is 0 Å². The zero-order valence-electron chi connectivity index (χ0n) is 16.0. The van der Waals surface area contributed by atoms with Gasteiger partial charge in [0.25, 0.3) is 5.91 Å². The molecule has 3 aromatic rings. The van der Waals surface area contributed by atoms with Gasteiger partial charge in [-0.15, -0.1) is 0 Å². The van der Waals surface area contributed by atoms with Crippen molar-refractivity contribution in [2.24, 2.45) is 0 Å². The van der Waals surface area contributed by atoms with E-state index in [4.69, 9.17) is 9.47 Å². The van der Waals surface area contributed by atoms with Crippen LogP contribution in [0.2, 0.25) is 0 Å². The van der Waals surface area contributed by atoms with Gasteiger partial charge < -0.3 is 14.8 Å². The van der Waals surface area contributed by atoms with Gasteiger partial charge in [-0.2, -0.15) is 0 Å². The number of amides is 1. The first-order chi connectivity index (χ1) is 13.6. The maximum atomic E-state index is 12.3. The number of carbonyl (C=O) groups is 2. The largest absolute Gasteiger partial charge is 0.452 e. The Hall–Kier alpha value is -3.18. The second-order valence-corrected chi connectivity index (χ2v) is 6.57. The molecular formula is C23H23NO4. The first-order valence-electron chi connectivity index (χ1n) is 9.10. The van der Waals surface area contributed by atoms with Gasteiger partial charge in [0, 0.05) is 7.11 Å². The molecule has 28 heavy (non-hydrogen) atoms. The minimum Gasteiger partial charge on any atom is -0.452 e. The summed E-state index contributed by atoms with van der Waals surface area (Å²) < 4.78 is 10.2. The number of benzene rings is 3. The Kier molecular flexibility index (Phi) is 6.40. The summed E-state index contributed by atoms with van der Waals surface area (Å²) in [6.07, 6.45) is 0. The molecule has 0 radical (unpaired) electrons. The van der Waals surface area contributed by atoms with E-state index in [-0.39, 0.29) is 18.6 Å². The third kappa shape index (κ3) is 4.75. The number of esters is 1. The van der Waals surface area contributed by atoms with Gasteiger partial charge in [-0.3, -0.25) is 4.79 Å². The molecule has 1 N–H and O–H groups in total. The van der Waals surface area contributed by atoms with Crippen LogP contribution in [0.1, 0.15) is 34.5 Å². The summed E-state index contributed by atoms with van der Waals surface area (Å²) in [5.74, 6) is -0.882. The number of methoxy groups -OCH3 is 1. The number of carbonyl (C=O) groups excluding carboxylic acids is 2. The lowest BCUT2D eigenvalue weighted by molar-refractivity contribution is -0.124. The minimum atomic E-state index is -0.536. The van der Waals surface area contributed by atoms with Crippen molar-refractivity contribution in [3.63, 3.8) is 0 Å². The molecular weight excluding hydrogens is 354 g/mol. The summed E-state index contributed by atoms with van der Waals surface area (Å²) in [5, 5.41) is 5.09. The molecule has 1 amide bonds. The molecule has 5 nitrogen and oxygen atoms in total. The molecule has 3 rings (SSSR count). The SMILES string of the molecule is COCc1cccc(C(=O)OCC(=O)N[C@@H](C)c2cccc3ccccc23)c1. The smallest absolute Gasteiger partial charge is 0.338 e. The molecule has 5 heteroatoms. The van der Waals surface area contributed by atoms with Crippen LogP contribution in [0.25, 0.3) is 10.8 Å². The Morgan fingerprint density at radius 3 is 2.57 bits per heavy atom. The summed E-state index contributed by atoms with van der Waals surface area (Å²) in [6.45, 7) is 1.99. The van der Waals surface area contributed by atoms with E-state index in [9.17, 15) is 9.59 Å². The lowest BCUT2D eigenvalue weighted by atomic mass is 10.00. The van der Waals surface area contributed by atoms with Gasteiger partial charge in [0.1, 0.15) is 0 Å². The molecule has 0 unspecified atom stereocenters. The topological polar surface area (TPSA) is 64.6 Å². The van der Waals surface area contributed by atoms with Crippen LogP contribution in [0, 0.1) is 0 Å². The first kappa shape index (κ1) is 19.6. The summed E-state index contributed by atoms with van der Waals surface area (Å²) in [4.78, 5) is 24.5. The fourth-order valence-corrected chi connectivity index (χ4v) is 3.16. The van der Waals surface area contributed by atoms with E-state index in [1.54, 1.807) is 25.3 Å². The highest BCUT2D eigenvalue weighted by atomic mass is 16.5. The first-order valence-corrected chi connectivity index (χ1v) is 9.10. The van der Waals surface area contributed by atoms with Crippen molar-refractivity contribution in [2.45, 2.75) is 19.6 Å². The van der Waals surface area contributed by atoms with Crippen LogP contribution in [0.4, 0.5) is 0 Å². The van der Waals surface area contributed by atoms with Crippen molar-refractivity contribution in [1.82, 2.24) is 5.32 Å². The van der Waals surface area contributed by atoms with Crippen molar-refractivity contribution >= 4 is 22.6 Å². The molecule has 0 aliphatic rings. The average Bonchev–Trinajstić information content (AvgIpc) is 2.72. The third-order valence-electron chi connectivity index (χ3n) is 4.48. The highest BCUT2D eigenvalue weighted by Crippen LogP contribution is 2.23. The highest BCUT2D eigenvalue weighted by molar-refractivity contribution is 5.92. The van der Waals surface area contributed by atoms with E-state index in [2.05, 4.69) is 5.32 Å². The Labute approximate surface area is 164 Å². The van der Waals surface area contributed by atoms with Gasteiger partial charge in [0.15, 0.2) is 6.61 Å². The van der Waals surface area contributed by atoms with Gasteiger partial charge in [0.2, 0.25) is 0 Å². The zero-order valence-corrected chi connectivity index (χ0v) is 16.0. The number of ether oxygens (including phenoxy) is 2. The van der Waals surface area contributed by atoms with E-state index in [0.29, 0.717) is 12.2 Å². The summed E-state index contributed by atoms with van der Waals surface area (Å²) in [6, 6.07) is 20.8. The second kappa shape index (κ2) is 9.15. The lowest BCUT2D eigenvalue weighted by Crippen LogP contribution is -2.31. The van der Waals surface area contributed by atoms with Gasteiger partial charge in [-0.05, 0) is 41.0 Å². The highest BCUT2D eigenvalue weighted by Gasteiger charge is 2.15. The Morgan fingerprint density at radius 1 is 1.00 bits per heavy atom. The molecule has 144 valence electrons. The number of hydrogen-bond donors (Lipinski definition) is 1. The summed E-state index contributed by atoms with van der Waals surface area (Å²) >= 11 is 0. The molecule has 0 aliphatic carbocycles. The summed E-state index contributed by atoms with van der Waals surface area (Å²) in [7, 11) is 1.59. The Morgan fingerprint density at radius 2 is 1.75 bits per heavy atom. The standard InChI is InChI=1S/C23H23NO4/c1-16(20-12-6-9-18-8-3-4-11-21(18)20)24-22(25)15-28-23(26)19-10-5-7-17(13-19)14-27-2/h3-13,16H,14-15H2,1-2H3,(H,24,25)/t16-/m0/s1. The zero-order chi connectivity index (χ0) is 19.9. The van der Waals surface area contributed by atoms with Crippen LogP contribution in [0.15, 0.2) is 66.7 Å². The quantitative estimate of drug-likeness (QED) is 0.632. The predicted octanol–water partition coefficient (Wildman–Crippen LogP) is 4.02. The van der Waals surface area contributed by atoms with E-state index < -0.39 is 5.97 Å². The number of rotatable bonds is 7. The fourth-order valence-electron chi connectivity index (χ4n) is 3.16. The lowest BCUT2D eigenvalue weighted by Gasteiger charge is -2.16. The second-order valence-electron chi connectivity index (χ2n) is 6.57. The molecule has 0 saturated heterocycles. The normalized spacial score (nSPS) is 11.8. The molecule has 0 aromatic heterocycles. The van der Waals surface area contributed by atoms with Crippen LogP contribution in [-0.2, 0) is 20.9 Å². The van der Waals surface area contributed by atoms with Crippen molar-refractivity contribution in [1.29, 1.82) is 0 Å². The number of nitrogens with one attached hydrogen (secondary N) is 1. The van der Waals surface area contributed by atoms with Gasteiger partial charge in [0.05, 0.1) is 18.2 Å². The Balaban J connectivity index is 1.59. The van der Waals surface area contributed by atoms with Gasteiger partial charge >= 0.3 is 5.97 Å². The van der Waals surface area contributed by atoms with Crippen LogP contribution >= 0.6 is 0 Å². The van der Waals surface area contributed by atoms with Crippen molar-refractivity contribution in [3.8, 4) is 0 Å². The van der Waals surface area contributed by atoms with Crippen LogP contribution in [0.5, 0.6) is 0 Å². The molecule has 0 fully saturated rings. The van der Waals surface area contributed by atoms with Gasteiger partial charge in [-0.25, -0.2) is 4.79 Å². The predicted molar refractivity (Wildman–Crippen MR) is 108 cm³/mol. The maximum absolute atomic E-state index is 12.3. The fraction of sp³-hybridized carbons (Fsp3) is 0.217. The molecule has 0 saturated carbocycles. The number of fused-ring (bicyclic) bond motifs is 1. The molecule has 0 spiro atoms. The van der Waals surface area contributed by atoms with E-state index in [0.717, 1.165) is 21.9 Å². The van der Waals surface area contributed by atoms with Crippen LogP contribution in [-0.4, -0.2) is 25.6 Å². The monoisotopic (exact) mass is 377 g/mol. The van der Waals surface area contributed by atoms with Crippen molar-refractivity contribution in [3.05, 3.63) is 83.4 Å². The molecule has 0 aliphatic heterocycles. The van der Waals surface area contributed by atoms with Crippen LogP contribution in [0.3, 0.4) is 0 Å². The molecule has 3 aromatic carbocycles. The van der Waals surface area contributed by atoms with E-state index in [1.165, 1.54) is 0 Å². The molecule has 0 bridgehead atoms. The maximum Gasteiger partial charge on any atom is 0.338 e. The Bertz CT molecular complexity index is 978. The van der Waals surface area contributed by atoms with E-state index in [1.807, 2.05) is 55.5 Å². The third-order valence-corrected chi connectivity index (χ3v) is 4.48. The van der Waals surface area contributed by atoms with Crippen molar-refractivity contribution in [2.75, 3.05) is 13.7 Å². The summed E-state index contributed by atoms with van der Waals surface area (Å²) in [5.41, 5.74) is 2.28. The molecule has 1 atom stereocenters.